The number of hydrogen-bond acceptors (Lipinski definition) is 3. The third kappa shape index (κ3) is 5.54. The van der Waals surface area contributed by atoms with Crippen molar-refractivity contribution in [2.24, 2.45) is 0 Å². The van der Waals surface area contributed by atoms with Gasteiger partial charge in [0.05, 0.1) is 6.04 Å². The van der Waals surface area contributed by atoms with E-state index in [0.29, 0.717) is 12.6 Å². The summed E-state index contributed by atoms with van der Waals surface area (Å²) in [5.74, 6) is 1.05. The molecule has 1 aromatic rings. The number of carbonyl (C=O) groups excluding carboxylic acids is 1. The van der Waals surface area contributed by atoms with Crippen molar-refractivity contribution in [3.63, 3.8) is 0 Å². The van der Waals surface area contributed by atoms with Gasteiger partial charge in [0.25, 0.3) is 0 Å². The molecule has 1 unspecified atom stereocenters. The molecule has 0 spiro atoms. The summed E-state index contributed by atoms with van der Waals surface area (Å²) in [5, 5.41) is 3.20. The fraction of sp³-hybridized carbons (Fsp3) is 0.632. The van der Waals surface area contributed by atoms with Gasteiger partial charge in [-0.05, 0) is 45.4 Å². The van der Waals surface area contributed by atoms with E-state index in [2.05, 4.69) is 10.2 Å². The predicted molar refractivity (Wildman–Crippen MR) is 93.8 cm³/mol. The molecule has 4 heteroatoms. The van der Waals surface area contributed by atoms with Crippen molar-refractivity contribution in [3.8, 4) is 5.75 Å². The Balaban J connectivity index is 1.72. The van der Waals surface area contributed by atoms with Crippen LogP contribution in [0.1, 0.15) is 44.6 Å². The highest BCUT2D eigenvalue weighted by molar-refractivity contribution is 5.81. The largest absolute Gasteiger partial charge is 0.492 e. The third-order valence-electron chi connectivity index (χ3n) is 4.79. The van der Waals surface area contributed by atoms with Crippen molar-refractivity contribution in [2.45, 2.75) is 58.0 Å². The van der Waals surface area contributed by atoms with Gasteiger partial charge < -0.3 is 10.1 Å². The lowest BCUT2D eigenvalue weighted by Gasteiger charge is -2.28. The molecule has 128 valence electrons. The zero-order valence-electron chi connectivity index (χ0n) is 14.7. The highest BCUT2D eigenvalue weighted by Gasteiger charge is 2.22. The van der Waals surface area contributed by atoms with E-state index in [1.54, 1.807) is 0 Å². The summed E-state index contributed by atoms with van der Waals surface area (Å²) in [6.45, 7) is 5.32. The first-order chi connectivity index (χ1) is 11.1. The Morgan fingerprint density at radius 2 is 2.00 bits per heavy atom. The summed E-state index contributed by atoms with van der Waals surface area (Å²) < 4.78 is 5.81. The van der Waals surface area contributed by atoms with Crippen LogP contribution in [0, 0.1) is 6.92 Å². The molecular weight excluding hydrogens is 288 g/mol. The van der Waals surface area contributed by atoms with Crippen LogP contribution in [-0.4, -0.2) is 43.1 Å². The summed E-state index contributed by atoms with van der Waals surface area (Å²) in [6.07, 6.45) is 6.02. The van der Waals surface area contributed by atoms with Crippen molar-refractivity contribution in [3.05, 3.63) is 29.8 Å². The van der Waals surface area contributed by atoms with Gasteiger partial charge in [0.15, 0.2) is 0 Å². The van der Waals surface area contributed by atoms with Gasteiger partial charge in [0.2, 0.25) is 5.91 Å². The SMILES string of the molecule is Cc1ccccc1OCCN(C)C(C)C(=O)NC1CCCCC1. The maximum Gasteiger partial charge on any atom is 0.237 e. The topological polar surface area (TPSA) is 41.6 Å². The van der Waals surface area contributed by atoms with Gasteiger partial charge in [-0.25, -0.2) is 0 Å². The van der Waals surface area contributed by atoms with Crippen molar-refractivity contribution in [1.29, 1.82) is 0 Å². The first-order valence-corrected chi connectivity index (χ1v) is 8.77. The van der Waals surface area contributed by atoms with Crippen LogP contribution in [0.25, 0.3) is 0 Å². The van der Waals surface area contributed by atoms with Gasteiger partial charge in [0, 0.05) is 12.6 Å². The van der Waals surface area contributed by atoms with Gasteiger partial charge in [-0.2, -0.15) is 0 Å². The highest BCUT2D eigenvalue weighted by Crippen LogP contribution is 2.18. The van der Waals surface area contributed by atoms with Crippen LogP contribution in [0.4, 0.5) is 0 Å². The Kier molecular flexibility index (Phi) is 6.90. The molecule has 0 heterocycles. The fourth-order valence-corrected chi connectivity index (χ4v) is 2.98. The molecule has 0 bridgehead atoms. The minimum Gasteiger partial charge on any atom is -0.492 e. The van der Waals surface area contributed by atoms with E-state index in [9.17, 15) is 4.79 Å². The molecule has 1 amide bonds. The maximum absolute atomic E-state index is 12.3. The normalized spacial score (nSPS) is 17.0. The monoisotopic (exact) mass is 318 g/mol. The molecule has 0 aliphatic heterocycles. The molecule has 0 aromatic heterocycles. The summed E-state index contributed by atoms with van der Waals surface area (Å²) in [5.41, 5.74) is 1.14. The number of benzene rings is 1. The Hall–Kier alpha value is -1.55. The van der Waals surface area contributed by atoms with E-state index in [-0.39, 0.29) is 11.9 Å². The number of likely N-dealkylation sites (N-methyl/N-ethyl adjacent to an activating group) is 1. The number of aryl methyl sites for hydroxylation is 1. The average Bonchev–Trinajstić information content (AvgIpc) is 2.56. The van der Waals surface area contributed by atoms with E-state index in [1.165, 1.54) is 19.3 Å². The Labute approximate surface area is 140 Å². The van der Waals surface area contributed by atoms with E-state index in [0.717, 1.165) is 30.7 Å². The minimum absolute atomic E-state index is 0.127. The first-order valence-electron chi connectivity index (χ1n) is 8.77. The first kappa shape index (κ1) is 17.8. The lowest BCUT2D eigenvalue weighted by Crippen LogP contribution is -2.48. The second kappa shape index (κ2) is 8.92. The highest BCUT2D eigenvalue weighted by atomic mass is 16.5. The second-order valence-corrected chi connectivity index (χ2v) is 6.61. The molecule has 1 atom stereocenters. The van der Waals surface area contributed by atoms with Crippen molar-refractivity contribution in [1.82, 2.24) is 10.2 Å². The average molecular weight is 318 g/mol. The number of nitrogens with zero attached hydrogens (tertiary/aromatic N) is 1. The van der Waals surface area contributed by atoms with Gasteiger partial charge >= 0.3 is 0 Å². The van der Waals surface area contributed by atoms with Crippen LogP contribution in [0.3, 0.4) is 0 Å². The van der Waals surface area contributed by atoms with Crippen molar-refractivity contribution >= 4 is 5.91 Å². The third-order valence-corrected chi connectivity index (χ3v) is 4.79. The number of hydrogen-bond donors (Lipinski definition) is 1. The number of carbonyl (C=O) groups is 1. The van der Waals surface area contributed by atoms with Crippen molar-refractivity contribution < 1.29 is 9.53 Å². The molecule has 23 heavy (non-hydrogen) atoms. The molecule has 0 saturated heterocycles. The summed E-state index contributed by atoms with van der Waals surface area (Å²) >= 11 is 0. The molecule has 1 aliphatic rings. The summed E-state index contributed by atoms with van der Waals surface area (Å²) in [7, 11) is 1.98. The van der Waals surface area contributed by atoms with E-state index >= 15 is 0 Å². The number of amides is 1. The lowest BCUT2D eigenvalue weighted by molar-refractivity contribution is -0.126. The molecule has 1 aromatic carbocycles. The van der Waals surface area contributed by atoms with Crippen LogP contribution in [0.15, 0.2) is 24.3 Å². The number of nitrogens with one attached hydrogen (secondary N) is 1. The smallest absolute Gasteiger partial charge is 0.237 e. The van der Waals surface area contributed by atoms with Crippen LogP contribution in [0.2, 0.25) is 0 Å². The van der Waals surface area contributed by atoms with Gasteiger partial charge in [-0.3, -0.25) is 9.69 Å². The van der Waals surface area contributed by atoms with Gasteiger partial charge in [-0.15, -0.1) is 0 Å². The molecule has 1 saturated carbocycles. The summed E-state index contributed by atoms with van der Waals surface area (Å²) in [4.78, 5) is 14.4. The van der Waals surface area contributed by atoms with Crippen LogP contribution in [0.5, 0.6) is 5.75 Å². The summed E-state index contributed by atoms with van der Waals surface area (Å²) in [6, 6.07) is 8.25. The van der Waals surface area contributed by atoms with Crippen LogP contribution in [-0.2, 0) is 4.79 Å². The number of ether oxygens (including phenoxy) is 1. The second-order valence-electron chi connectivity index (χ2n) is 6.61. The molecule has 1 fully saturated rings. The minimum atomic E-state index is -0.127. The van der Waals surface area contributed by atoms with Crippen LogP contribution < -0.4 is 10.1 Å². The zero-order chi connectivity index (χ0) is 16.7. The van der Waals surface area contributed by atoms with E-state index < -0.39 is 0 Å². The molecule has 1 aliphatic carbocycles. The quantitative estimate of drug-likeness (QED) is 0.840. The predicted octanol–water partition coefficient (Wildman–Crippen LogP) is 3.14. The Morgan fingerprint density at radius 1 is 1.30 bits per heavy atom. The molecular formula is C19H30N2O2. The van der Waals surface area contributed by atoms with E-state index in [4.69, 9.17) is 4.74 Å². The Morgan fingerprint density at radius 3 is 2.70 bits per heavy atom. The number of rotatable bonds is 7. The van der Waals surface area contributed by atoms with E-state index in [1.807, 2.05) is 45.2 Å². The Bertz CT molecular complexity index is 498. The standard InChI is InChI=1S/C19H30N2O2/c1-15-9-7-8-12-18(15)23-14-13-21(3)16(2)19(22)20-17-10-5-4-6-11-17/h7-9,12,16-17H,4-6,10-11,13-14H2,1-3H3,(H,20,22). The molecule has 1 N–H and O–H groups in total. The molecule has 4 nitrogen and oxygen atoms in total. The maximum atomic E-state index is 12.3. The van der Waals surface area contributed by atoms with Gasteiger partial charge in [-0.1, -0.05) is 37.5 Å². The zero-order valence-corrected chi connectivity index (χ0v) is 14.7. The fourth-order valence-electron chi connectivity index (χ4n) is 2.98. The molecule has 0 radical (unpaired) electrons. The number of para-hydroxylation sites is 1. The van der Waals surface area contributed by atoms with Gasteiger partial charge in [0.1, 0.15) is 12.4 Å². The molecule has 2 rings (SSSR count). The lowest BCUT2D eigenvalue weighted by atomic mass is 9.95. The van der Waals surface area contributed by atoms with Crippen molar-refractivity contribution in [2.75, 3.05) is 20.2 Å². The van der Waals surface area contributed by atoms with Crippen LogP contribution >= 0.6 is 0 Å².